The average molecular weight is 247 g/mol. The van der Waals surface area contributed by atoms with E-state index >= 15 is 0 Å². The molecule has 0 atom stereocenters. The van der Waals surface area contributed by atoms with Gasteiger partial charge >= 0.3 is 10.1 Å². The van der Waals surface area contributed by atoms with Crippen LogP contribution >= 0.6 is 11.6 Å². The zero-order valence-corrected chi connectivity index (χ0v) is 9.25. The zero-order valence-electron chi connectivity index (χ0n) is 7.68. The average Bonchev–Trinajstić information content (AvgIpc) is 2.44. The highest BCUT2D eigenvalue weighted by Gasteiger charge is 2.20. The van der Waals surface area contributed by atoms with Gasteiger partial charge in [0, 0.05) is 7.05 Å². The predicted molar refractivity (Wildman–Crippen MR) is 55.5 cm³/mol. The Bertz CT molecular complexity index is 633. The predicted octanol–water partition coefficient (Wildman–Crippen LogP) is 1.47. The SMILES string of the molecule is Cn1c(S(=O)(=O)O)nc2cccc(Cl)c21. The van der Waals surface area contributed by atoms with E-state index in [9.17, 15) is 8.42 Å². The summed E-state index contributed by atoms with van der Waals surface area (Å²) in [6.07, 6.45) is 0. The van der Waals surface area contributed by atoms with Crippen LogP contribution in [0.2, 0.25) is 5.02 Å². The molecule has 0 spiro atoms. The molecule has 0 saturated heterocycles. The van der Waals surface area contributed by atoms with E-state index in [-0.39, 0.29) is 0 Å². The van der Waals surface area contributed by atoms with Gasteiger partial charge in [-0.2, -0.15) is 8.42 Å². The number of nitrogens with zero attached hydrogens (tertiary/aromatic N) is 2. The molecule has 1 heterocycles. The van der Waals surface area contributed by atoms with Crippen LogP contribution in [0.3, 0.4) is 0 Å². The molecule has 80 valence electrons. The van der Waals surface area contributed by atoms with Gasteiger partial charge in [0.2, 0.25) is 0 Å². The van der Waals surface area contributed by atoms with Crippen molar-refractivity contribution in [2.45, 2.75) is 5.16 Å². The molecule has 7 heteroatoms. The van der Waals surface area contributed by atoms with Crippen LogP contribution in [0.15, 0.2) is 23.4 Å². The fraction of sp³-hybridized carbons (Fsp3) is 0.125. The lowest BCUT2D eigenvalue weighted by molar-refractivity contribution is 0.470. The van der Waals surface area contributed by atoms with Crippen LogP contribution in [0, 0.1) is 0 Å². The van der Waals surface area contributed by atoms with Crippen molar-refractivity contribution in [1.82, 2.24) is 9.55 Å². The molecular weight excluding hydrogens is 240 g/mol. The third kappa shape index (κ3) is 1.60. The van der Waals surface area contributed by atoms with E-state index in [0.29, 0.717) is 16.1 Å². The smallest absolute Gasteiger partial charge is 0.315 e. The first-order chi connectivity index (χ1) is 6.91. The highest BCUT2D eigenvalue weighted by Crippen LogP contribution is 2.24. The van der Waals surface area contributed by atoms with E-state index in [1.165, 1.54) is 11.6 Å². The van der Waals surface area contributed by atoms with E-state index in [0.717, 1.165) is 0 Å². The molecule has 1 aromatic carbocycles. The number of para-hydroxylation sites is 1. The molecule has 0 unspecified atom stereocenters. The Morgan fingerprint density at radius 2 is 2.13 bits per heavy atom. The third-order valence-corrected chi connectivity index (χ3v) is 3.17. The molecule has 0 aliphatic carbocycles. The molecule has 0 bridgehead atoms. The topological polar surface area (TPSA) is 72.2 Å². The fourth-order valence-corrected chi connectivity index (χ4v) is 2.38. The first-order valence-corrected chi connectivity index (χ1v) is 5.81. The van der Waals surface area contributed by atoms with Gasteiger partial charge in [0.05, 0.1) is 16.1 Å². The Kier molecular flexibility index (Phi) is 2.22. The normalized spacial score (nSPS) is 12.2. The van der Waals surface area contributed by atoms with Crippen molar-refractivity contribution in [3.05, 3.63) is 23.2 Å². The van der Waals surface area contributed by atoms with E-state index in [2.05, 4.69) is 4.98 Å². The second-order valence-electron chi connectivity index (χ2n) is 3.04. The lowest BCUT2D eigenvalue weighted by Gasteiger charge is -1.99. The van der Waals surface area contributed by atoms with Crippen LogP contribution in [0.5, 0.6) is 0 Å². The summed E-state index contributed by atoms with van der Waals surface area (Å²) in [7, 11) is -2.84. The monoisotopic (exact) mass is 246 g/mol. The quantitative estimate of drug-likeness (QED) is 0.774. The molecule has 0 fully saturated rings. The molecule has 0 radical (unpaired) electrons. The van der Waals surface area contributed by atoms with Gasteiger partial charge in [0.15, 0.2) is 0 Å². The van der Waals surface area contributed by atoms with E-state index < -0.39 is 15.3 Å². The number of hydrogen-bond donors (Lipinski definition) is 1. The maximum atomic E-state index is 11.0. The summed E-state index contributed by atoms with van der Waals surface area (Å²) >= 11 is 5.89. The standard InChI is InChI=1S/C8H7ClN2O3S/c1-11-7-5(9)3-2-4-6(7)10-8(11)15(12,13)14/h2-4H,1H3,(H,12,13,14). The number of aryl methyl sites for hydroxylation is 1. The molecule has 0 aliphatic rings. The molecular formula is C8H7ClN2O3S. The third-order valence-electron chi connectivity index (χ3n) is 2.03. The highest BCUT2D eigenvalue weighted by atomic mass is 35.5. The van der Waals surface area contributed by atoms with Gasteiger partial charge in [-0.15, -0.1) is 0 Å². The van der Waals surface area contributed by atoms with Crippen molar-refractivity contribution in [3.63, 3.8) is 0 Å². The second kappa shape index (κ2) is 3.19. The number of imidazole rings is 1. The Balaban J connectivity index is 2.94. The summed E-state index contributed by atoms with van der Waals surface area (Å²) < 4.78 is 32.1. The van der Waals surface area contributed by atoms with Crippen LogP contribution in [0.4, 0.5) is 0 Å². The lowest BCUT2D eigenvalue weighted by atomic mass is 10.3. The largest absolute Gasteiger partial charge is 0.328 e. The highest BCUT2D eigenvalue weighted by molar-refractivity contribution is 7.85. The van der Waals surface area contributed by atoms with Crippen LogP contribution in [-0.4, -0.2) is 22.5 Å². The van der Waals surface area contributed by atoms with Gasteiger partial charge in [-0.1, -0.05) is 17.7 Å². The van der Waals surface area contributed by atoms with Crippen molar-refractivity contribution >= 4 is 32.8 Å². The number of halogens is 1. The minimum atomic E-state index is -4.32. The van der Waals surface area contributed by atoms with E-state index in [4.69, 9.17) is 16.2 Å². The summed E-state index contributed by atoms with van der Waals surface area (Å²) in [6, 6.07) is 4.90. The van der Waals surface area contributed by atoms with Crippen LogP contribution in [0.25, 0.3) is 11.0 Å². The summed E-state index contributed by atoms with van der Waals surface area (Å²) in [4.78, 5) is 3.78. The van der Waals surface area contributed by atoms with Gasteiger partial charge in [0.1, 0.15) is 0 Å². The zero-order chi connectivity index (χ0) is 11.2. The molecule has 0 saturated carbocycles. The Hall–Kier alpha value is -1.11. The number of aromatic nitrogens is 2. The van der Waals surface area contributed by atoms with Gasteiger partial charge in [-0.25, -0.2) is 4.98 Å². The van der Waals surface area contributed by atoms with Gasteiger partial charge < -0.3 is 4.57 Å². The fourth-order valence-electron chi connectivity index (χ4n) is 1.43. The maximum absolute atomic E-state index is 11.0. The molecule has 5 nitrogen and oxygen atoms in total. The molecule has 0 aliphatic heterocycles. The van der Waals surface area contributed by atoms with Crippen molar-refractivity contribution in [1.29, 1.82) is 0 Å². The van der Waals surface area contributed by atoms with Crippen LogP contribution < -0.4 is 0 Å². The van der Waals surface area contributed by atoms with E-state index in [1.807, 2.05) is 0 Å². The summed E-state index contributed by atoms with van der Waals surface area (Å²) in [5.41, 5.74) is 0.907. The summed E-state index contributed by atoms with van der Waals surface area (Å²) in [5, 5.41) is -0.0250. The Morgan fingerprint density at radius 1 is 1.47 bits per heavy atom. The number of benzene rings is 1. The van der Waals surface area contributed by atoms with Crippen molar-refractivity contribution < 1.29 is 13.0 Å². The minimum Gasteiger partial charge on any atom is -0.315 e. The molecule has 2 rings (SSSR count). The van der Waals surface area contributed by atoms with Crippen LogP contribution in [-0.2, 0) is 17.2 Å². The van der Waals surface area contributed by atoms with Crippen LogP contribution in [0.1, 0.15) is 0 Å². The molecule has 2 aromatic rings. The number of hydrogen-bond acceptors (Lipinski definition) is 3. The van der Waals surface area contributed by atoms with Gasteiger partial charge in [0.25, 0.3) is 5.16 Å². The van der Waals surface area contributed by atoms with Crippen molar-refractivity contribution in [2.75, 3.05) is 0 Å². The number of fused-ring (bicyclic) bond motifs is 1. The molecule has 1 N–H and O–H groups in total. The van der Waals surface area contributed by atoms with Crippen molar-refractivity contribution in [2.24, 2.45) is 7.05 Å². The molecule has 0 amide bonds. The summed E-state index contributed by atoms with van der Waals surface area (Å²) in [6.45, 7) is 0. The minimum absolute atomic E-state index is 0.386. The number of rotatable bonds is 1. The molecule has 1 aromatic heterocycles. The summed E-state index contributed by atoms with van der Waals surface area (Å²) in [5.74, 6) is 0. The Morgan fingerprint density at radius 3 is 2.67 bits per heavy atom. The molecule has 15 heavy (non-hydrogen) atoms. The van der Waals surface area contributed by atoms with E-state index in [1.54, 1.807) is 18.2 Å². The van der Waals surface area contributed by atoms with Gasteiger partial charge in [-0.05, 0) is 12.1 Å². The lowest BCUT2D eigenvalue weighted by Crippen LogP contribution is -2.06. The van der Waals surface area contributed by atoms with Gasteiger partial charge in [-0.3, -0.25) is 4.55 Å². The van der Waals surface area contributed by atoms with Crippen molar-refractivity contribution in [3.8, 4) is 0 Å². The first kappa shape index (κ1) is 10.4. The second-order valence-corrected chi connectivity index (χ2v) is 4.76. The maximum Gasteiger partial charge on any atom is 0.328 e. The first-order valence-electron chi connectivity index (χ1n) is 3.99. The Labute approximate surface area is 91.0 Å².